The predicted octanol–water partition coefficient (Wildman–Crippen LogP) is 1.29. The number of hydroxylamine groups is 2. The van der Waals surface area contributed by atoms with E-state index in [4.69, 9.17) is 9.57 Å². The number of cyclic esters (lactones) is 1. The maximum Gasteiger partial charge on any atom is 0.414 e. The van der Waals surface area contributed by atoms with Gasteiger partial charge in [0.2, 0.25) is 0 Å². The topological polar surface area (TPSA) is 132 Å². The molecule has 0 radical (unpaired) electrons. The Labute approximate surface area is 218 Å². The minimum absolute atomic E-state index is 0.0310. The maximum absolute atomic E-state index is 15.2. The molecular weight excluding hydrogens is 528 g/mol. The largest absolute Gasteiger partial charge is 0.507 e. The summed E-state index contributed by atoms with van der Waals surface area (Å²) >= 11 is 0. The number of amides is 2. The second kappa shape index (κ2) is 11.1. The number of nitrogens with one attached hydrogen (secondary N) is 1. The summed E-state index contributed by atoms with van der Waals surface area (Å²) in [5.41, 5.74) is -0.404. The lowest BCUT2D eigenvalue weighted by molar-refractivity contribution is -0.111. The van der Waals surface area contributed by atoms with E-state index in [-0.39, 0.29) is 62.0 Å². The van der Waals surface area contributed by atoms with Crippen molar-refractivity contribution in [1.82, 2.24) is 14.1 Å². The molecule has 12 nitrogen and oxygen atoms in total. The number of phenolic OH excluding ortho intramolecular Hbond substituents is 1. The number of halogens is 2. The van der Waals surface area contributed by atoms with Crippen molar-refractivity contribution in [2.75, 3.05) is 63.2 Å². The van der Waals surface area contributed by atoms with Crippen LogP contribution in [0.1, 0.15) is 10.4 Å². The molecule has 0 aromatic heterocycles. The average molecular weight is 556 g/mol. The molecule has 38 heavy (non-hydrogen) atoms. The molecule has 0 bridgehead atoms. The first-order valence-electron chi connectivity index (χ1n) is 11.6. The maximum atomic E-state index is 15.2. The molecule has 0 aliphatic carbocycles. The van der Waals surface area contributed by atoms with Crippen LogP contribution in [-0.2, 0) is 19.8 Å². The molecule has 2 heterocycles. The van der Waals surface area contributed by atoms with Crippen molar-refractivity contribution in [1.29, 1.82) is 0 Å². The fraction of sp³-hybridized carbons (Fsp3) is 0.391. The highest BCUT2D eigenvalue weighted by molar-refractivity contribution is 7.87. The van der Waals surface area contributed by atoms with Crippen molar-refractivity contribution in [2.45, 2.75) is 6.10 Å². The zero-order valence-electron chi connectivity index (χ0n) is 20.6. The summed E-state index contributed by atoms with van der Waals surface area (Å²) in [5.74, 6) is -2.68. The summed E-state index contributed by atoms with van der Waals surface area (Å²) in [6, 6.07) is 7.94. The highest BCUT2D eigenvalue weighted by Gasteiger charge is 2.35. The Bertz CT molecular complexity index is 1300. The van der Waals surface area contributed by atoms with Gasteiger partial charge in [-0.25, -0.2) is 18.6 Å². The van der Waals surface area contributed by atoms with Gasteiger partial charge in [-0.15, -0.1) is 0 Å². The molecule has 206 valence electrons. The Morgan fingerprint density at radius 2 is 1.84 bits per heavy atom. The summed E-state index contributed by atoms with van der Waals surface area (Å²) in [6.07, 6.45) is -1.73. The Morgan fingerprint density at radius 1 is 1.16 bits per heavy atom. The van der Waals surface area contributed by atoms with Gasteiger partial charge in [0.1, 0.15) is 17.5 Å². The van der Waals surface area contributed by atoms with Gasteiger partial charge in [0.05, 0.1) is 37.5 Å². The third-order valence-electron chi connectivity index (χ3n) is 6.02. The first kappa shape index (κ1) is 27.5. The number of rotatable bonds is 7. The van der Waals surface area contributed by atoms with Crippen LogP contribution in [0.25, 0.3) is 0 Å². The zero-order chi connectivity index (χ0) is 27.6. The van der Waals surface area contributed by atoms with Crippen molar-refractivity contribution in [3.05, 3.63) is 53.6 Å². The second-order valence-electron chi connectivity index (χ2n) is 8.75. The Morgan fingerprint density at radius 3 is 2.50 bits per heavy atom. The van der Waals surface area contributed by atoms with E-state index in [9.17, 15) is 23.1 Å². The van der Waals surface area contributed by atoms with Crippen LogP contribution in [0.5, 0.6) is 5.75 Å². The van der Waals surface area contributed by atoms with Crippen LogP contribution >= 0.6 is 0 Å². The van der Waals surface area contributed by atoms with Crippen LogP contribution in [0.15, 0.2) is 36.4 Å². The van der Waals surface area contributed by atoms with Gasteiger partial charge in [-0.1, -0.05) is 12.1 Å². The lowest BCUT2D eigenvalue weighted by Crippen LogP contribution is -2.40. The summed E-state index contributed by atoms with van der Waals surface area (Å²) < 4.78 is 62.5. The number of carbonyl (C=O) groups is 2. The van der Waals surface area contributed by atoms with E-state index in [1.54, 1.807) is 12.1 Å². The Hall–Kier alpha value is -3.53. The number of phenols is 1. The van der Waals surface area contributed by atoms with Crippen LogP contribution < -0.4 is 14.5 Å². The minimum Gasteiger partial charge on any atom is -0.507 e. The van der Waals surface area contributed by atoms with Crippen LogP contribution in [-0.4, -0.2) is 94.4 Å². The molecule has 2 saturated heterocycles. The van der Waals surface area contributed by atoms with E-state index in [2.05, 4.69) is 4.72 Å². The van der Waals surface area contributed by atoms with Crippen molar-refractivity contribution in [3.8, 4) is 5.75 Å². The van der Waals surface area contributed by atoms with Gasteiger partial charge in [0, 0.05) is 39.3 Å². The van der Waals surface area contributed by atoms with E-state index in [1.807, 2.05) is 0 Å². The van der Waals surface area contributed by atoms with Gasteiger partial charge in [0.15, 0.2) is 11.6 Å². The van der Waals surface area contributed by atoms with Crippen LogP contribution in [0, 0.1) is 11.6 Å². The smallest absolute Gasteiger partial charge is 0.414 e. The minimum atomic E-state index is -3.75. The number of benzene rings is 2. The lowest BCUT2D eigenvalue weighted by atomic mass is 10.2. The zero-order valence-corrected chi connectivity index (χ0v) is 21.5. The predicted molar refractivity (Wildman–Crippen MR) is 132 cm³/mol. The lowest BCUT2D eigenvalue weighted by Gasteiger charge is -2.24. The summed E-state index contributed by atoms with van der Waals surface area (Å²) in [7, 11) is -1.07. The molecule has 2 amide bonds. The normalized spacial score (nSPS) is 18.6. The summed E-state index contributed by atoms with van der Waals surface area (Å²) in [4.78, 5) is 32.9. The molecule has 2 N–H and O–H groups in total. The van der Waals surface area contributed by atoms with Gasteiger partial charge >= 0.3 is 6.09 Å². The molecule has 2 aromatic carbocycles. The van der Waals surface area contributed by atoms with Gasteiger partial charge < -0.3 is 14.7 Å². The molecule has 0 unspecified atom stereocenters. The van der Waals surface area contributed by atoms with Crippen LogP contribution in [0.3, 0.4) is 0 Å². The third kappa shape index (κ3) is 5.80. The van der Waals surface area contributed by atoms with Gasteiger partial charge in [-0.05, 0) is 12.1 Å². The van der Waals surface area contributed by atoms with Crippen molar-refractivity contribution < 1.29 is 41.5 Å². The number of ether oxygens (including phenoxy) is 1. The molecule has 0 saturated carbocycles. The average Bonchev–Trinajstić information content (AvgIpc) is 3.07. The van der Waals surface area contributed by atoms with Crippen LogP contribution in [0.2, 0.25) is 0 Å². The highest BCUT2D eigenvalue weighted by atomic mass is 32.2. The molecule has 2 aliphatic heterocycles. The Balaban J connectivity index is 1.44. The number of nitrogens with zero attached hydrogens (tertiary/aromatic N) is 4. The number of aromatic hydroxyl groups is 1. The number of para-hydroxylation sites is 1. The number of carbonyl (C=O) groups excluding carboxylic acids is 2. The van der Waals surface area contributed by atoms with E-state index in [0.717, 1.165) is 26.4 Å². The third-order valence-corrected chi connectivity index (χ3v) is 7.51. The molecule has 1 atom stereocenters. The van der Waals surface area contributed by atoms with Crippen molar-refractivity contribution in [3.63, 3.8) is 0 Å². The summed E-state index contributed by atoms with van der Waals surface area (Å²) in [6.45, 7) is -0.312. The van der Waals surface area contributed by atoms with E-state index in [1.165, 1.54) is 31.1 Å². The van der Waals surface area contributed by atoms with Crippen molar-refractivity contribution in [2.24, 2.45) is 0 Å². The molecule has 15 heteroatoms. The van der Waals surface area contributed by atoms with Gasteiger partial charge in [-0.3, -0.25) is 14.5 Å². The Kier molecular flexibility index (Phi) is 8.01. The number of anilines is 2. The molecule has 2 aromatic rings. The van der Waals surface area contributed by atoms with E-state index in [0.29, 0.717) is 0 Å². The number of hydrogen-bond acceptors (Lipinski definition) is 8. The fourth-order valence-electron chi connectivity index (χ4n) is 4.00. The van der Waals surface area contributed by atoms with E-state index >= 15 is 8.78 Å². The molecular formula is C23H27F2N5O7S. The molecule has 2 fully saturated rings. The molecule has 4 rings (SSSR count). The first-order valence-corrected chi connectivity index (χ1v) is 13.0. The molecule has 0 spiro atoms. The van der Waals surface area contributed by atoms with Gasteiger partial charge in [0.25, 0.3) is 16.1 Å². The standard InChI is InChI=1S/C23H27F2N5O7S/c1-27(2)38(34,35)26-13-16-14-29(23(33)37-16)15-11-18(24)21(19(25)12-15)28-7-8-30(36-10-9-28)22(32)17-5-3-4-6-20(17)31/h3-6,11-12,16,26,31H,7-10,13-14H2,1-2H3/t16-/m0/s1. The monoisotopic (exact) mass is 555 g/mol. The van der Waals surface area contributed by atoms with E-state index < -0.39 is 39.9 Å². The highest BCUT2D eigenvalue weighted by Crippen LogP contribution is 2.31. The second-order valence-corrected chi connectivity index (χ2v) is 10.7. The first-order chi connectivity index (χ1) is 18.0. The van der Waals surface area contributed by atoms with Crippen LogP contribution in [0.4, 0.5) is 25.0 Å². The fourth-order valence-corrected chi connectivity index (χ4v) is 4.65. The van der Waals surface area contributed by atoms with Gasteiger partial charge in [-0.2, -0.15) is 17.4 Å². The summed E-state index contributed by atoms with van der Waals surface area (Å²) in [5, 5.41) is 11.0. The quantitative estimate of drug-likeness (QED) is 0.523. The number of hydrogen-bond donors (Lipinski definition) is 2. The SMILES string of the molecule is CN(C)S(=O)(=O)NC[C@H]1CN(c2cc(F)c(N3CCON(C(=O)c4ccccc4O)CC3)c(F)c2)C(=O)O1. The molecule has 2 aliphatic rings. The van der Waals surface area contributed by atoms with Crippen molar-refractivity contribution >= 4 is 33.6 Å².